The van der Waals surface area contributed by atoms with Crippen molar-refractivity contribution < 1.29 is 17.0 Å². The molecule has 0 N–H and O–H groups in total. The van der Waals surface area contributed by atoms with Gasteiger partial charge in [-0.05, 0) is 6.92 Å². The standard InChI is InChI=1S/C2H5F.O3S/c1-2-3;1-4(2)3/h2H2,1H3;/i;1-15. The van der Waals surface area contributed by atoms with Gasteiger partial charge in [0.05, 0.1) is 6.67 Å². The lowest BCUT2D eigenvalue weighted by molar-refractivity contribution is 0.527. The summed E-state index contributed by atoms with van der Waals surface area (Å²) < 4.78 is 35.6. The second-order valence-corrected chi connectivity index (χ2v) is 0.880. The van der Waals surface area contributed by atoms with Crippen LogP contribution in [0.2, 0.25) is 0 Å². The zero-order chi connectivity index (χ0) is 6.28. The minimum atomic E-state index is -3.11. The predicted octanol–water partition coefficient (Wildman–Crippen LogP) is -0.0283. The molecule has 0 saturated heterocycles. The van der Waals surface area contributed by atoms with Gasteiger partial charge in [-0.1, -0.05) is 0 Å². The molecule has 0 amide bonds. The number of halogens is 1. The van der Waals surface area contributed by atoms with E-state index in [4.69, 9.17) is 12.6 Å². The van der Waals surface area contributed by atoms with Crippen LogP contribution in [0.5, 0.6) is 0 Å². The van der Waals surface area contributed by atoms with Crippen LogP contribution >= 0.6 is 0 Å². The average Bonchev–Trinajstić information content (AvgIpc) is 1.33. The van der Waals surface area contributed by atoms with Gasteiger partial charge in [-0.25, -0.2) is 0 Å². The summed E-state index contributed by atoms with van der Waals surface area (Å²) in [6.45, 7) is 1.21. The maximum Gasteiger partial charge on any atom is 0.425 e. The van der Waals surface area contributed by atoms with Crippen molar-refractivity contribution in [1.29, 1.82) is 0 Å². The SMILES string of the molecule is CCF.O=S(=O)=[1O]. The molecule has 5 heteroatoms. The molecule has 0 heterocycles. The van der Waals surface area contributed by atoms with Crippen molar-refractivity contribution in [2.75, 3.05) is 6.67 Å². The normalized spacial score (nSPS) is 6.00. The third-order valence-corrected chi connectivity index (χ3v) is 0. The largest absolute Gasteiger partial charge is 0.425 e. The molecule has 3 nitrogen and oxygen atoms in total. The van der Waals surface area contributed by atoms with Crippen LogP contribution in [0.25, 0.3) is 0 Å². The van der Waals surface area contributed by atoms with E-state index in [1.54, 1.807) is 0 Å². The second kappa shape index (κ2) is 9.12. The zero-order valence-corrected chi connectivity index (χ0v) is 4.53. The Labute approximate surface area is 42.2 Å². The molecule has 0 atom stereocenters. The lowest BCUT2D eigenvalue weighted by Crippen LogP contribution is -1.40. The van der Waals surface area contributed by atoms with E-state index in [0.717, 1.165) is 0 Å². The average molecular weight is 113 g/mol. The number of hydrogen-bond acceptors (Lipinski definition) is 3. The fourth-order valence-corrected chi connectivity index (χ4v) is 0. The van der Waals surface area contributed by atoms with Gasteiger partial charge in [-0.3, -0.25) is 4.39 Å². The van der Waals surface area contributed by atoms with Crippen molar-refractivity contribution in [1.82, 2.24) is 0 Å². The molecule has 0 aliphatic rings. The summed E-state index contributed by atoms with van der Waals surface area (Å²) >= 11 is 0. The maximum absolute atomic E-state index is 10.3. The first kappa shape index (κ1) is 9.75. The molecule has 0 aliphatic heterocycles. The summed E-state index contributed by atoms with van der Waals surface area (Å²) in [5.41, 5.74) is 0. The third-order valence-electron chi connectivity index (χ3n) is 0. The van der Waals surface area contributed by atoms with Crippen molar-refractivity contribution >= 4 is 10.6 Å². The molecule has 0 rings (SSSR count). The van der Waals surface area contributed by atoms with E-state index in [1.807, 2.05) is 0 Å². The van der Waals surface area contributed by atoms with Gasteiger partial charge in [-0.15, -0.1) is 12.6 Å². The summed E-state index contributed by atoms with van der Waals surface area (Å²) in [6.07, 6.45) is 0. The first-order valence-electron chi connectivity index (χ1n) is 1.47. The van der Waals surface area contributed by atoms with Crippen LogP contribution in [0.1, 0.15) is 6.92 Å². The van der Waals surface area contributed by atoms with E-state index >= 15 is 0 Å². The molecule has 0 aromatic rings. The van der Waals surface area contributed by atoms with Crippen LogP contribution in [0.4, 0.5) is 4.39 Å². The Morgan fingerprint density at radius 2 is 1.71 bits per heavy atom. The lowest BCUT2D eigenvalue weighted by atomic mass is 0.984. The Hall–Kier alpha value is -0.450. The molecule has 44 valence electrons. The quantitative estimate of drug-likeness (QED) is 0.443. The Kier molecular flexibility index (Phi) is 12.7. The highest BCUT2D eigenvalue weighted by atomic mass is 32.1. The summed E-state index contributed by atoms with van der Waals surface area (Å²) in [7, 11) is -3.11. The van der Waals surface area contributed by atoms with E-state index in [2.05, 4.69) is 0 Å². The fourth-order valence-electron chi connectivity index (χ4n) is 0. The number of alkyl halides is 1. The predicted molar refractivity (Wildman–Crippen MR) is 21.3 cm³/mol. The lowest BCUT2D eigenvalue weighted by Gasteiger charge is -1.45. The first-order chi connectivity index (χ1) is 3.15. The Bertz CT molecular complexity index is 93.1. The van der Waals surface area contributed by atoms with Crippen molar-refractivity contribution in [3.63, 3.8) is 0 Å². The molecule has 0 aromatic heterocycles. The van der Waals surface area contributed by atoms with Crippen molar-refractivity contribution in [2.24, 2.45) is 0 Å². The molecular weight excluding hydrogens is 108 g/mol. The second-order valence-electron chi connectivity index (χ2n) is 0.471. The summed E-state index contributed by atoms with van der Waals surface area (Å²) in [5, 5.41) is 0. The molecule has 0 fully saturated rings. The van der Waals surface area contributed by atoms with Gasteiger partial charge in [0.1, 0.15) is 0 Å². The first-order valence-corrected chi connectivity index (χ1v) is 2.47. The summed E-state index contributed by atoms with van der Waals surface area (Å²) in [4.78, 5) is 0. The van der Waals surface area contributed by atoms with E-state index in [-0.39, 0.29) is 6.67 Å². The Morgan fingerprint density at radius 3 is 1.71 bits per heavy atom. The topological polar surface area (TPSA) is 51.2 Å². The molecule has 0 unspecified atom stereocenters. The monoisotopic (exact) mass is 113 g/mol. The smallest absolute Gasteiger partial charge is 0.251 e. The molecule has 0 bridgehead atoms. The van der Waals surface area contributed by atoms with E-state index in [9.17, 15) is 4.39 Å². The van der Waals surface area contributed by atoms with Crippen molar-refractivity contribution in [3.05, 3.63) is 0 Å². The van der Waals surface area contributed by atoms with Gasteiger partial charge in [0.15, 0.2) is 0 Å². The van der Waals surface area contributed by atoms with Gasteiger partial charge < -0.3 is 0 Å². The van der Waals surface area contributed by atoms with Gasteiger partial charge in [0.2, 0.25) is 0 Å². The third kappa shape index (κ3) is 345. The van der Waals surface area contributed by atoms with E-state index in [1.165, 1.54) is 6.92 Å². The fraction of sp³-hybridized carbons (Fsp3) is 1.00. The summed E-state index contributed by atoms with van der Waals surface area (Å²) in [5.74, 6) is 0. The highest BCUT2D eigenvalue weighted by Crippen LogP contribution is 1.48. The molecule has 0 aliphatic carbocycles. The molecule has 0 radical (unpaired) electrons. The zero-order valence-electron chi connectivity index (χ0n) is 3.72. The maximum atomic E-state index is 10.3. The van der Waals surface area contributed by atoms with Gasteiger partial charge >= 0.3 is 10.6 Å². The minimum absolute atomic E-state index is 0.250. The Morgan fingerprint density at radius 1 is 1.71 bits per heavy atom. The summed E-state index contributed by atoms with van der Waals surface area (Å²) in [6, 6.07) is 0. The Balaban J connectivity index is 0. The molecule has 0 saturated carbocycles. The van der Waals surface area contributed by atoms with Crippen LogP contribution in [0, 0.1) is 0 Å². The van der Waals surface area contributed by atoms with Gasteiger partial charge in [0, 0.05) is 0 Å². The van der Waals surface area contributed by atoms with Crippen LogP contribution in [-0.2, 0) is 10.6 Å². The van der Waals surface area contributed by atoms with E-state index in [0.29, 0.717) is 0 Å². The molecule has 7 heavy (non-hydrogen) atoms. The molecule has 0 spiro atoms. The highest BCUT2D eigenvalue weighted by molar-refractivity contribution is 7.59. The minimum Gasteiger partial charge on any atom is -0.251 e. The highest BCUT2D eigenvalue weighted by Gasteiger charge is 1.40. The molecular formula is C2H5FO3S. The van der Waals surface area contributed by atoms with Crippen molar-refractivity contribution in [2.45, 2.75) is 6.92 Å². The van der Waals surface area contributed by atoms with Crippen LogP contribution in [0.15, 0.2) is 0 Å². The van der Waals surface area contributed by atoms with Crippen molar-refractivity contribution in [3.8, 4) is 0 Å². The van der Waals surface area contributed by atoms with Crippen LogP contribution in [0.3, 0.4) is 0 Å². The van der Waals surface area contributed by atoms with Crippen LogP contribution < -0.4 is 0 Å². The number of rotatable bonds is 0. The number of hydrogen-bond donors (Lipinski definition) is 0. The molecule has 0 aromatic carbocycles. The van der Waals surface area contributed by atoms with Gasteiger partial charge in [0.25, 0.3) is 0 Å². The van der Waals surface area contributed by atoms with Gasteiger partial charge in [-0.2, -0.15) is 0 Å². The van der Waals surface area contributed by atoms with E-state index < -0.39 is 10.6 Å². The van der Waals surface area contributed by atoms with Crippen LogP contribution in [-0.4, -0.2) is 19.3 Å².